The number of carbonyl (C=O) groups is 1. The molecule has 1 aliphatic heterocycles. The summed E-state index contributed by atoms with van der Waals surface area (Å²) in [4.78, 5) is 23.4. The zero-order valence-electron chi connectivity index (χ0n) is 14.8. The Kier molecular flexibility index (Phi) is 4.63. The number of anilines is 2. The van der Waals surface area contributed by atoms with E-state index in [0.29, 0.717) is 47.2 Å². The quantitative estimate of drug-likeness (QED) is 0.405. The second kappa shape index (κ2) is 7.40. The number of rotatable bonds is 5. The van der Waals surface area contributed by atoms with Crippen LogP contribution < -0.4 is 14.8 Å². The van der Waals surface area contributed by atoms with Crippen molar-refractivity contribution in [1.29, 1.82) is 0 Å². The van der Waals surface area contributed by atoms with E-state index in [9.17, 15) is 14.9 Å². The molecule has 28 heavy (non-hydrogen) atoms. The molecule has 1 N–H and O–H groups in total. The van der Waals surface area contributed by atoms with Gasteiger partial charge in [0.25, 0.3) is 5.69 Å². The third-order valence-electron chi connectivity index (χ3n) is 4.33. The maximum absolute atomic E-state index is 12.7. The highest BCUT2D eigenvalue weighted by atomic mass is 16.6. The van der Waals surface area contributed by atoms with Crippen LogP contribution in [-0.4, -0.2) is 23.9 Å². The van der Waals surface area contributed by atoms with Crippen molar-refractivity contribution in [3.8, 4) is 11.5 Å². The minimum atomic E-state index is -0.442. The molecule has 0 amide bonds. The average Bonchev–Trinajstić information content (AvgIpc) is 2.73. The number of hydrogen-bond acceptors (Lipinski definition) is 6. The maximum Gasteiger partial charge on any atom is 0.292 e. The van der Waals surface area contributed by atoms with Crippen LogP contribution in [-0.2, 0) is 0 Å². The molecule has 7 nitrogen and oxygen atoms in total. The summed E-state index contributed by atoms with van der Waals surface area (Å²) in [6.07, 6.45) is 0. The van der Waals surface area contributed by atoms with Crippen molar-refractivity contribution in [1.82, 2.24) is 0 Å². The van der Waals surface area contributed by atoms with E-state index < -0.39 is 4.92 Å². The number of para-hydroxylation sites is 2. The number of fused-ring (bicyclic) bond motifs is 1. The van der Waals surface area contributed by atoms with Gasteiger partial charge in [0.05, 0.1) is 4.92 Å². The molecule has 7 heteroatoms. The molecular weight excluding hydrogens is 360 g/mol. The summed E-state index contributed by atoms with van der Waals surface area (Å²) in [5.41, 5.74) is 2.03. The molecule has 4 rings (SSSR count). The van der Waals surface area contributed by atoms with E-state index in [0.717, 1.165) is 0 Å². The lowest BCUT2D eigenvalue weighted by atomic mass is 10.0. The lowest BCUT2D eigenvalue weighted by molar-refractivity contribution is -0.383. The smallest absolute Gasteiger partial charge is 0.292 e. The molecular formula is C21H16N2O5. The third-order valence-corrected chi connectivity index (χ3v) is 4.33. The highest BCUT2D eigenvalue weighted by Crippen LogP contribution is 2.32. The van der Waals surface area contributed by atoms with Crippen LogP contribution in [0.1, 0.15) is 15.9 Å². The summed E-state index contributed by atoms with van der Waals surface area (Å²) in [6, 6.07) is 18.3. The molecule has 1 aliphatic rings. The van der Waals surface area contributed by atoms with Gasteiger partial charge in [-0.1, -0.05) is 12.1 Å². The second-order valence-electron chi connectivity index (χ2n) is 6.16. The first kappa shape index (κ1) is 17.5. The van der Waals surface area contributed by atoms with Gasteiger partial charge >= 0.3 is 0 Å². The number of ketones is 1. The Bertz CT molecular complexity index is 1050. The maximum atomic E-state index is 12.7. The van der Waals surface area contributed by atoms with E-state index in [1.54, 1.807) is 60.7 Å². The van der Waals surface area contributed by atoms with Crippen LogP contribution in [0.2, 0.25) is 0 Å². The van der Waals surface area contributed by atoms with Gasteiger partial charge in [-0.05, 0) is 48.5 Å². The molecule has 0 saturated heterocycles. The number of nitro groups is 1. The highest BCUT2D eigenvalue weighted by Gasteiger charge is 2.17. The zero-order chi connectivity index (χ0) is 19.5. The molecule has 0 fully saturated rings. The Labute approximate surface area is 160 Å². The molecule has 0 saturated carbocycles. The van der Waals surface area contributed by atoms with Crippen LogP contribution in [0.4, 0.5) is 17.1 Å². The Morgan fingerprint density at radius 2 is 1.57 bits per heavy atom. The van der Waals surface area contributed by atoms with Gasteiger partial charge in [-0.15, -0.1) is 0 Å². The summed E-state index contributed by atoms with van der Waals surface area (Å²) < 4.78 is 11.0. The van der Waals surface area contributed by atoms with Crippen LogP contribution >= 0.6 is 0 Å². The van der Waals surface area contributed by atoms with Crippen molar-refractivity contribution in [2.24, 2.45) is 0 Å². The average molecular weight is 376 g/mol. The lowest BCUT2D eigenvalue weighted by Gasteiger charge is -2.18. The van der Waals surface area contributed by atoms with E-state index in [1.807, 2.05) is 0 Å². The van der Waals surface area contributed by atoms with E-state index in [4.69, 9.17) is 9.47 Å². The number of ether oxygens (including phenoxy) is 2. The molecule has 0 radical (unpaired) electrons. The van der Waals surface area contributed by atoms with Gasteiger partial charge in [0, 0.05) is 22.9 Å². The van der Waals surface area contributed by atoms with Crippen LogP contribution in [0.25, 0.3) is 0 Å². The van der Waals surface area contributed by atoms with Crippen LogP contribution in [0.3, 0.4) is 0 Å². The third kappa shape index (κ3) is 3.50. The number of nitro benzene ring substituents is 1. The van der Waals surface area contributed by atoms with Gasteiger partial charge in [-0.25, -0.2) is 0 Å². The Hall–Kier alpha value is -3.87. The first-order valence-corrected chi connectivity index (χ1v) is 8.67. The fourth-order valence-electron chi connectivity index (χ4n) is 2.95. The van der Waals surface area contributed by atoms with Gasteiger partial charge in [-0.2, -0.15) is 0 Å². The molecule has 3 aromatic rings. The van der Waals surface area contributed by atoms with Crippen molar-refractivity contribution in [2.75, 3.05) is 18.5 Å². The molecule has 1 heterocycles. The minimum absolute atomic E-state index is 0.0149. The van der Waals surface area contributed by atoms with Gasteiger partial charge < -0.3 is 14.8 Å². The Morgan fingerprint density at radius 1 is 0.893 bits per heavy atom. The normalized spacial score (nSPS) is 12.3. The molecule has 140 valence electrons. The summed E-state index contributed by atoms with van der Waals surface area (Å²) in [6.45, 7) is 0.949. The standard InChI is InChI=1S/C21H16N2O5/c24-21(15-7-10-19-20(13-15)28-12-11-27-19)14-5-8-16(9-6-14)22-17-3-1-2-4-18(17)23(25)26/h1-10,13,22H,11-12H2. The number of nitrogens with one attached hydrogen (secondary N) is 1. The second-order valence-corrected chi connectivity index (χ2v) is 6.16. The van der Waals surface area contributed by atoms with Crippen LogP contribution in [0.5, 0.6) is 11.5 Å². The predicted octanol–water partition coefficient (Wildman–Crippen LogP) is 4.34. The molecule has 0 bridgehead atoms. The zero-order valence-corrected chi connectivity index (χ0v) is 14.8. The van der Waals surface area contributed by atoms with Gasteiger partial charge in [0.2, 0.25) is 0 Å². The summed E-state index contributed by atoms with van der Waals surface area (Å²) in [7, 11) is 0. The van der Waals surface area contributed by atoms with Gasteiger partial charge in [0.15, 0.2) is 17.3 Å². The molecule has 0 spiro atoms. The lowest BCUT2D eigenvalue weighted by Crippen LogP contribution is -2.15. The van der Waals surface area contributed by atoms with Crippen molar-refractivity contribution < 1.29 is 19.2 Å². The molecule has 0 unspecified atom stereocenters. The monoisotopic (exact) mass is 376 g/mol. The van der Waals surface area contributed by atoms with E-state index in [1.165, 1.54) is 6.07 Å². The molecule has 0 atom stereocenters. The molecule has 3 aromatic carbocycles. The van der Waals surface area contributed by atoms with Gasteiger partial charge in [0.1, 0.15) is 18.9 Å². The molecule has 0 aliphatic carbocycles. The van der Waals surface area contributed by atoms with E-state index >= 15 is 0 Å². The Balaban J connectivity index is 1.53. The number of carbonyl (C=O) groups excluding carboxylic acids is 1. The van der Waals surface area contributed by atoms with Crippen molar-refractivity contribution >= 4 is 22.8 Å². The summed E-state index contributed by atoms with van der Waals surface area (Å²) >= 11 is 0. The first-order valence-electron chi connectivity index (χ1n) is 8.67. The number of nitrogens with zero attached hydrogens (tertiary/aromatic N) is 1. The van der Waals surface area contributed by atoms with Gasteiger partial charge in [-0.3, -0.25) is 14.9 Å². The van der Waals surface area contributed by atoms with E-state index in [-0.39, 0.29) is 11.5 Å². The number of hydrogen-bond donors (Lipinski definition) is 1. The minimum Gasteiger partial charge on any atom is -0.486 e. The van der Waals surface area contributed by atoms with Crippen LogP contribution in [0, 0.1) is 10.1 Å². The van der Waals surface area contributed by atoms with Crippen molar-refractivity contribution in [3.63, 3.8) is 0 Å². The Morgan fingerprint density at radius 3 is 2.32 bits per heavy atom. The van der Waals surface area contributed by atoms with E-state index in [2.05, 4.69) is 5.32 Å². The first-order chi connectivity index (χ1) is 13.6. The number of benzene rings is 3. The predicted molar refractivity (Wildman–Crippen MR) is 104 cm³/mol. The van der Waals surface area contributed by atoms with Crippen LogP contribution in [0.15, 0.2) is 66.7 Å². The fourth-order valence-corrected chi connectivity index (χ4v) is 2.95. The fraction of sp³-hybridized carbons (Fsp3) is 0.0952. The van der Waals surface area contributed by atoms with Crippen molar-refractivity contribution in [3.05, 3.63) is 88.0 Å². The molecule has 0 aromatic heterocycles. The largest absolute Gasteiger partial charge is 0.486 e. The van der Waals surface area contributed by atoms with Crippen molar-refractivity contribution in [2.45, 2.75) is 0 Å². The SMILES string of the molecule is O=C(c1ccc(Nc2ccccc2[N+](=O)[O-])cc1)c1ccc2c(c1)OCCO2. The highest BCUT2D eigenvalue weighted by molar-refractivity contribution is 6.09. The summed E-state index contributed by atoms with van der Waals surface area (Å²) in [5.74, 6) is 1.05. The summed E-state index contributed by atoms with van der Waals surface area (Å²) in [5, 5.41) is 14.1. The topological polar surface area (TPSA) is 90.7 Å².